The van der Waals surface area contributed by atoms with Crippen LogP contribution in [0.25, 0.3) is 0 Å². The van der Waals surface area contributed by atoms with E-state index in [9.17, 15) is 19.5 Å². The summed E-state index contributed by atoms with van der Waals surface area (Å²) in [4.78, 5) is 35.0. The molecular formula is C17H23N3O5. The molecule has 136 valence electrons. The lowest BCUT2D eigenvalue weighted by atomic mass is 9.80. The fraction of sp³-hybridized carbons (Fsp3) is 0.471. The molecule has 1 saturated heterocycles. The fourth-order valence-electron chi connectivity index (χ4n) is 3.23. The molecule has 0 saturated carbocycles. The monoisotopic (exact) mass is 349 g/mol. The van der Waals surface area contributed by atoms with Crippen LogP contribution in [0.2, 0.25) is 0 Å². The number of rotatable bonds is 8. The van der Waals surface area contributed by atoms with Gasteiger partial charge in [0, 0.05) is 12.6 Å². The van der Waals surface area contributed by atoms with Crippen molar-refractivity contribution < 1.29 is 24.6 Å². The van der Waals surface area contributed by atoms with Gasteiger partial charge in [0.25, 0.3) is 0 Å². The molecule has 25 heavy (non-hydrogen) atoms. The first-order chi connectivity index (χ1) is 11.8. The van der Waals surface area contributed by atoms with Crippen molar-refractivity contribution in [2.24, 2.45) is 11.7 Å². The minimum Gasteiger partial charge on any atom is -0.480 e. The first-order valence-corrected chi connectivity index (χ1v) is 8.11. The normalized spacial score (nSPS) is 20.7. The molecule has 1 aliphatic heterocycles. The molecule has 0 radical (unpaired) electrons. The fourth-order valence-corrected chi connectivity index (χ4v) is 3.23. The van der Waals surface area contributed by atoms with Gasteiger partial charge in [0.15, 0.2) is 0 Å². The number of aryl methyl sites for hydroxylation is 1. The van der Waals surface area contributed by atoms with Crippen LogP contribution < -0.4 is 11.1 Å². The van der Waals surface area contributed by atoms with Crippen molar-refractivity contribution in [3.05, 3.63) is 35.4 Å². The van der Waals surface area contributed by atoms with Crippen molar-refractivity contribution in [1.29, 1.82) is 0 Å². The molecule has 1 aromatic carbocycles. The Morgan fingerprint density at radius 1 is 1.36 bits per heavy atom. The minimum absolute atomic E-state index is 0.295. The number of benzene rings is 1. The highest BCUT2D eigenvalue weighted by atomic mass is 16.4. The lowest BCUT2D eigenvalue weighted by Gasteiger charge is -2.48. The van der Waals surface area contributed by atoms with Gasteiger partial charge in [-0.1, -0.05) is 24.3 Å². The van der Waals surface area contributed by atoms with E-state index in [0.29, 0.717) is 19.4 Å². The van der Waals surface area contributed by atoms with Gasteiger partial charge in [-0.05, 0) is 30.9 Å². The maximum absolute atomic E-state index is 12.0. The van der Waals surface area contributed by atoms with Crippen LogP contribution in [0.3, 0.4) is 0 Å². The van der Waals surface area contributed by atoms with Gasteiger partial charge in [0.05, 0.1) is 12.0 Å². The van der Waals surface area contributed by atoms with E-state index in [2.05, 4.69) is 5.32 Å². The lowest BCUT2D eigenvalue weighted by molar-refractivity contribution is -0.169. The number of carbonyl (C=O) groups excluding carboxylic acids is 2. The molecule has 1 fully saturated rings. The number of aliphatic hydroxyl groups is 1. The number of likely N-dealkylation sites (tertiary alicyclic amines) is 1. The minimum atomic E-state index is -1.07. The number of carboxylic acid groups (broad SMARTS) is 1. The summed E-state index contributed by atoms with van der Waals surface area (Å²) >= 11 is 0. The van der Waals surface area contributed by atoms with Crippen molar-refractivity contribution >= 4 is 17.9 Å². The van der Waals surface area contributed by atoms with E-state index in [0.717, 1.165) is 11.1 Å². The Balaban J connectivity index is 2.00. The van der Waals surface area contributed by atoms with Crippen LogP contribution in [0, 0.1) is 5.92 Å². The van der Waals surface area contributed by atoms with E-state index >= 15 is 0 Å². The topological polar surface area (TPSA) is 133 Å². The maximum atomic E-state index is 12.0. The summed E-state index contributed by atoms with van der Waals surface area (Å²) in [5.41, 5.74) is 6.96. The zero-order chi connectivity index (χ0) is 18.6. The van der Waals surface area contributed by atoms with Crippen LogP contribution in [0.1, 0.15) is 24.5 Å². The number of nitrogens with one attached hydrogen (secondary N) is 1. The number of amides is 3. The Morgan fingerprint density at radius 3 is 2.64 bits per heavy atom. The zero-order valence-corrected chi connectivity index (χ0v) is 14.0. The van der Waals surface area contributed by atoms with E-state index in [1.807, 2.05) is 24.3 Å². The van der Waals surface area contributed by atoms with E-state index in [1.165, 1.54) is 4.90 Å². The van der Waals surface area contributed by atoms with Gasteiger partial charge in [0.2, 0.25) is 5.91 Å². The highest BCUT2D eigenvalue weighted by Crippen LogP contribution is 2.32. The highest BCUT2D eigenvalue weighted by molar-refractivity contribution is 5.89. The second-order valence-corrected chi connectivity index (χ2v) is 6.27. The molecule has 0 aliphatic carbocycles. The largest absolute Gasteiger partial charge is 0.480 e. The Morgan fingerprint density at radius 2 is 2.04 bits per heavy atom. The summed E-state index contributed by atoms with van der Waals surface area (Å²) in [6.45, 7) is 1.52. The number of carboxylic acids is 1. The summed E-state index contributed by atoms with van der Waals surface area (Å²) in [5.74, 6) is -1.94. The SMILES string of the molecule is CC(O)C1C(=O)N(CC(=O)O)C1CCc1cccc(CNC(N)=O)c1. The molecule has 8 nitrogen and oxygen atoms in total. The first-order valence-electron chi connectivity index (χ1n) is 8.11. The van der Waals surface area contributed by atoms with Crippen molar-refractivity contribution in [3.8, 4) is 0 Å². The van der Waals surface area contributed by atoms with Crippen LogP contribution in [-0.2, 0) is 22.6 Å². The second kappa shape index (κ2) is 7.98. The van der Waals surface area contributed by atoms with Gasteiger partial charge in [0.1, 0.15) is 6.54 Å². The molecule has 8 heteroatoms. The number of carbonyl (C=O) groups is 3. The maximum Gasteiger partial charge on any atom is 0.323 e. The van der Waals surface area contributed by atoms with Crippen molar-refractivity contribution in [1.82, 2.24) is 10.2 Å². The van der Waals surface area contributed by atoms with Gasteiger partial charge >= 0.3 is 12.0 Å². The van der Waals surface area contributed by atoms with E-state index in [4.69, 9.17) is 10.8 Å². The molecular weight excluding hydrogens is 326 g/mol. The second-order valence-electron chi connectivity index (χ2n) is 6.27. The van der Waals surface area contributed by atoms with Crippen LogP contribution in [0.4, 0.5) is 4.79 Å². The van der Waals surface area contributed by atoms with Crippen LogP contribution in [0.15, 0.2) is 24.3 Å². The molecule has 0 aromatic heterocycles. The molecule has 3 unspecified atom stereocenters. The number of nitrogens with two attached hydrogens (primary N) is 1. The number of hydrogen-bond acceptors (Lipinski definition) is 4. The number of nitrogens with zero attached hydrogens (tertiary/aromatic N) is 1. The van der Waals surface area contributed by atoms with E-state index in [1.54, 1.807) is 6.92 Å². The smallest absolute Gasteiger partial charge is 0.323 e. The molecule has 1 aliphatic rings. The third-order valence-electron chi connectivity index (χ3n) is 4.40. The van der Waals surface area contributed by atoms with Crippen LogP contribution in [-0.4, -0.2) is 51.7 Å². The van der Waals surface area contributed by atoms with Crippen molar-refractivity contribution in [2.75, 3.05) is 6.54 Å². The number of primary amides is 1. The van der Waals surface area contributed by atoms with Gasteiger partial charge < -0.3 is 26.2 Å². The van der Waals surface area contributed by atoms with E-state index in [-0.39, 0.29) is 18.5 Å². The summed E-state index contributed by atoms with van der Waals surface area (Å²) in [7, 11) is 0. The van der Waals surface area contributed by atoms with Gasteiger partial charge in [-0.15, -0.1) is 0 Å². The van der Waals surface area contributed by atoms with Crippen molar-refractivity contribution in [2.45, 2.75) is 38.5 Å². The summed E-state index contributed by atoms with van der Waals surface area (Å²) < 4.78 is 0. The van der Waals surface area contributed by atoms with Gasteiger partial charge in [-0.3, -0.25) is 9.59 Å². The number of β-lactam (4-membered cyclic amide) rings is 1. The third-order valence-corrected chi connectivity index (χ3v) is 4.40. The number of urea groups is 1. The molecule has 2 rings (SSSR count). The van der Waals surface area contributed by atoms with Gasteiger partial charge in [-0.2, -0.15) is 0 Å². The quantitative estimate of drug-likeness (QED) is 0.493. The number of aliphatic hydroxyl groups excluding tert-OH is 1. The number of hydrogen-bond donors (Lipinski definition) is 4. The highest BCUT2D eigenvalue weighted by Gasteiger charge is 2.49. The molecule has 1 heterocycles. The van der Waals surface area contributed by atoms with E-state index < -0.39 is 24.0 Å². The average molecular weight is 349 g/mol. The molecule has 5 N–H and O–H groups in total. The third kappa shape index (κ3) is 4.69. The average Bonchev–Trinajstić information content (AvgIpc) is 2.54. The predicted octanol–water partition coefficient (Wildman–Crippen LogP) is 0.0799. The number of aliphatic carboxylic acids is 1. The summed E-state index contributed by atoms with van der Waals surface area (Å²) in [6, 6.07) is 6.68. The Bertz CT molecular complexity index is 661. The summed E-state index contributed by atoms with van der Waals surface area (Å²) in [6.07, 6.45) is 0.372. The molecule has 3 atom stereocenters. The first kappa shape index (κ1) is 18.7. The van der Waals surface area contributed by atoms with Crippen molar-refractivity contribution in [3.63, 3.8) is 0 Å². The zero-order valence-electron chi connectivity index (χ0n) is 14.0. The Labute approximate surface area is 145 Å². The van der Waals surface area contributed by atoms with Crippen LogP contribution >= 0.6 is 0 Å². The lowest BCUT2D eigenvalue weighted by Crippen LogP contribution is -2.65. The van der Waals surface area contributed by atoms with Crippen LogP contribution in [0.5, 0.6) is 0 Å². The molecule has 3 amide bonds. The predicted molar refractivity (Wildman–Crippen MR) is 89.5 cm³/mol. The summed E-state index contributed by atoms with van der Waals surface area (Å²) in [5, 5.41) is 21.2. The Kier molecular flexibility index (Phi) is 5.97. The molecule has 0 bridgehead atoms. The Hall–Kier alpha value is -2.61. The standard InChI is InChI=1S/C17H23N3O5/c1-10(21)15-13(20(16(15)24)9-14(22)23)6-5-11-3-2-4-12(7-11)8-19-17(18)25/h2-4,7,10,13,15,21H,5-6,8-9H2,1H3,(H,22,23)(H3,18,19,25). The molecule has 1 aromatic rings. The van der Waals surface area contributed by atoms with Gasteiger partial charge in [-0.25, -0.2) is 4.79 Å². The molecule has 0 spiro atoms.